The van der Waals surface area contributed by atoms with Crippen LogP contribution in [0.2, 0.25) is 0 Å². The largest absolute Gasteiger partial charge is 0.478 e. The molecule has 0 saturated carbocycles. The van der Waals surface area contributed by atoms with E-state index in [4.69, 9.17) is 5.11 Å². The van der Waals surface area contributed by atoms with Crippen molar-refractivity contribution in [1.29, 1.82) is 0 Å². The zero-order chi connectivity index (χ0) is 11.7. The molecule has 4 nitrogen and oxygen atoms in total. The zero-order valence-corrected chi connectivity index (χ0v) is 9.14. The molecule has 0 unspecified atom stereocenters. The van der Waals surface area contributed by atoms with Gasteiger partial charge in [-0.2, -0.15) is 5.10 Å². The Morgan fingerprint density at radius 2 is 2.00 bits per heavy atom. The number of benzene rings is 1. The van der Waals surface area contributed by atoms with Gasteiger partial charge in [0.2, 0.25) is 0 Å². The molecule has 1 aromatic heterocycles. The fraction of sp³-hybridized carbons (Fsp3) is 0.167. The molecular formula is C12H12N2O2. The summed E-state index contributed by atoms with van der Waals surface area (Å²) >= 11 is 0. The number of rotatable bonds is 2. The molecule has 0 saturated heterocycles. The normalized spacial score (nSPS) is 10.4. The molecule has 0 spiro atoms. The fourth-order valence-corrected chi connectivity index (χ4v) is 1.61. The number of carboxylic acid groups (broad SMARTS) is 1. The van der Waals surface area contributed by atoms with Crippen LogP contribution in [0, 0.1) is 13.8 Å². The second kappa shape index (κ2) is 3.81. The van der Waals surface area contributed by atoms with Gasteiger partial charge in [-0.1, -0.05) is 18.2 Å². The van der Waals surface area contributed by atoms with E-state index in [1.54, 1.807) is 17.8 Å². The van der Waals surface area contributed by atoms with Gasteiger partial charge in [0.1, 0.15) is 5.56 Å². The lowest BCUT2D eigenvalue weighted by Gasteiger charge is -2.04. The van der Waals surface area contributed by atoms with E-state index in [1.807, 2.05) is 31.2 Å². The average Bonchev–Trinajstić information content (AvgIpc) is 2.61. The molecule has 4 heteroatoms. The number of para-hydroxylation sites is 1. The monoisotopic (exact) mass is 216 g/mol. The predicted molar refractivity (Wildman–Crippen MR) is 60.0 cm³/mol. The van der Waals surface area contributed by atoms with E-state index >= 15 is 0 Å². The number of hydrogen-bond acceptors (Lipinski definition) is 2. The van der Waals surface area contributed by atoms with Gasteiger partial charge in [-0.05, 0) is 25.5 Å². The van der Waals surface area contributed by atoms with Gasteiger partial charge in [-0.3, -0.25) is 0 Å². The SMILES string of the molecule is Cc1ccccc1-n1cc(C(=O)O)c(C)n1. The molecule has 1 aromatic carbocycles. The average molecular weight is 216 g/mol. The molecule has 2 rings (SSSR count). The highest BCUT2D eigenvalue weighted by atomic mass is 16.4. The van der Waals surface area contributed by atoms with Crippen molar-refractivity contribution < 1.29 is 9.90 Å². The molecule has 0 atom stereocenters. The highest BCUT2D eigenvalue weighted by Gasteiger charge is 2.12. The molecule has 0 aliphatic rings. The van der Waals surface area contributed by atoms with E-state index < -0.39 is 5.97 Å². The molecular weight excluding hydrogens is 204 g/mol. The van der Waals surface area contributed by atoms with Crippen LogP contribution < -0.4 is 0 Å². The van der Waals surface area contributed by atoms with Crippen LogP contribution in [0.1, 0.15) is 21.6 Å². The Hall–Kier alpha value is -2.10. The second-order valence-electron chi connectivity index (χ2n) is 3.66. The number of nitrogens with zero attached hydrogens (tertiary/aromatic N) is 2. The van der Waals surface area contributed by atoms with Crippen molar-refractivity contribution in [2.75, 3.05) is 0 Å². The van der Waals surface area contributed by atoms with E-state index in [9.17, 15) is 4.79 Å². The summed E-state index contributed by atoms with van der Waals surface area (Å²) in [4.78, 5) is 10.9. The molecule has 0 aliphatic heterocycles. The first kappa shape index (κ1) is 10.4. The molecule has 0 amide bonds. The summed E-state index contributed by atoms with van der Waals surface area (Å²) in [6, 6.07) is 7.72. The highest BCUT2D eigenvalue weighted by Crippen LogP contribution is 2.15. The molecule has 0 bridgehead atoms. The number of aromatic nitrogens is 2. The minimum atomic E-state index is -0.947. The van der Waals surface area contributed by atoms with E-state index in [1.165, 1.54) is 0 Å². The van der Waals surface area contributed by atoms with Crippen LogP contribution >= 0.6 is 0 Å². The van der Waals surface area contributed by atoms with Crippen molar-refractivity contribution in [3.8, 4) is 5.69 Å². The van der Waals surface area contributed by atoms with Gasteiger partial charge in [0.25, 0.3) is 0 Å². The molecule has 82 valence electrons. The minimum absolute atomic E-state index is 0.239. The van der Waals surface area contributed by atoms with E-state index in [-0.39, 0.29) is 5.56 Å². The maximum absolute atomic E-state index is 10.9. The smallest absolute Gasteiger partial charge is 0.339 e. The molecule has 1 N–H and O–H groups in total. The third-order valence-electron chi connectivity index (χ3n) is 2.49. The van der Waals surface area contributed by atoms with Gasteiger partial charge in [0.15, 0.2) is 0 Å². The van der Waals surface area contributed by atoms with Crippen molar-refractivity contribution in [3.05, 3.63) is 47.3 Å². The third-order valence-corrected chi connectivity index (χ3v) is 2.49. The van der Waals surface area contributed by atoms with Gasteiger partial charge in [-0.15, -0.1) is 0 Å². The van der Waals surface area contributed by atoms with E-state index in [0.717, 1.165) is 11.3 Å². The van der Waals surface area contributed by atoms with Crippen molar-refractivity contribution in [1.82, 2.24) is 9.78 Å². The Bertz CT molecular complexity index is 544. The van der Waals surface area contributed by atoms with Gasteiger partial charge < -0.3 is 5.11 Å². The number of aromatic carboxylic acids is 1. The Morgan fingerprint density at radius 1 is 1.31 bits per heavy atom. The summed E-state index contributed by atoms with van der Waals surface area (Å²) in [5.41, 5.74) is 2.72. The number of hydrogen-bond donors (Lipinski definition) is 1. The Morgan fingerprint density at radius 3 is 2.56 bits per heavy atom. The summed E-state index contributed by atoms with van der Waals surface area (Å²) in [7, 11) is 0. The summed E-state index contributed by atoms with van der Waals surface area (Å²) < 4.78 is 1.61. The van der Waals surface area contributed by atoms with Crippen molar-refractivity contribution in [2.24, 2.45) is 0 Å². The summed E-state index contributed by atoms with van der Waals surface area (Å²) in [5.74, 6) is -0.947. The van der Waals surface area contributed by atoms with Crippen LogP contribution in [0.4, 0.5) is 0 Å². The first-order valence-electron chi connectivity index (χ1n) is 4.95. The molecule has 2 aromatic rings. The van der Waals surface area contributed by atoms with Crippen molar-refractivity contribution in [2.45, 2.75) is 13.8 Å². The molecule has 0 radical (unpaired) electrons. The van der Waals surface area contributed by atoms with Crippen LogP contribution in [-0.2, 0) is 0 Å². The molecule has 0 aliphatic carbocycles. The van der Waals surface area contributed by atoms with Crippen LogP contribution in [0.25, 0.3) is 5.69 Å². The third kappa shape index (κ3) is 1.69. The Balaban J connectivity index is 2.54. The molecule has 16 heavy (non-hydrogen) atoms. The quantitative estimate of drug-likeness (QED) is 0.837. The predicted octanol–water partition coefficient (Wildman–Crippen LogP) is 2.19. The van der Waals surface area contributed by atoms with Crippen LogP contribution in [0.3, 0.4) is 0 Å². The van der Waals surface area contributed by atoms with Gasteiger partial charge >= 0.3 is 5.97 Å². The lowest BCUT2D eigenvalue weighted by Crippen LogP contribution is -1.97. The van der Waals surface area contributed by atoms with E-state index in [2.05, 4.69) is 5.10 Å². The Kier molecular flexibility index (Phi) is 2.48. The lowest BCUT2D eigenvalue weighted by atomic mass is 10.2. The number of carboxylic acids is 1. The van der Waals surface area contributed by atoms with Crippen LogP contribution in [0.5, 0.6) is 0 Å². The van der Waals surface area contributed by atoms with Crippen molar-refractivity contribution in [3.63, 3.8) is 0 Å². The maximum Gasteiger partial charge on any atom is 0.339 e. The number of carbonyl (C=O) groups is 1. The van der Waals surface area contributed by atoms with Crippen LogP contribution in [0.15, 0.2) is 30.5 Å². The zero-order valence-electron chi connectivity index (χ0n) is 9.14. The van der Waals surface area contributed by atoms with Gasteiger partial charge in [0, 0.05) is 6.20 Å². The Labute approximate surface area is 93.1 Å². The first-order valence-corrected chi connectivity index (χ1v) is 4.95. The van der Waals surface area contributed by atoms with Crippen molar-refractivity contribution >= 4 is 5.97 Å². The standard InChI is InChI=1S/C12H12N2O2/c1-8-5-3-4-6-11(8)14-7-10(12(15)16)9(2)13-14/h3-7H,1-2H3,(H,15,16). The number of aryl methyl sites for hydroxylation is 2. The summed E-state index contributed by atoms with van der Waals surface area (Å²) in [5, 5.41) is 13.1. The highest BCUT2D eigenvalue weighted by molar-refractivity contribution is 5.88. The summed E-state index contributed by atoms with van der Waals surface area (Å²) in [6.45, 7) is 3.66. The lowest BCUT2D eigenvalue weighted by molar-refractivity contribution is 0.0696. The summed E-state index contributed by atoms with van der Waals surface area (Å²) in [6.07, 6.45) is 1.54. The molecule has 0 fully saturated rings. The first-order chi connectivity index (χ1) is 7.59. The van der Waals surface area contributed by atoms with E-state index in [0.29, 0.717) is 5.69 Å². The maximum atomic E-state index is 10.9. The second-order valence-corrected chi connectivity index (χ2v) is 3.66. The fourth-order valence-electron chi connectivity index (χ4n) is 1.61. The molecule has 1 heterocycles. The van der Waals surface area contributed by atoms with Gasteiger partial charge in [0.05, 0.1) is 11.4 Å². The van der Waals surface area contributed by atoms with Gasteiger partial charge in [-0.25, -0.2) is 9.48 Å². The van der Waals surface area contributed by atoms with Crippen LogP contribution in [-0.4, -0.2) is 20.9 Å². The minimum Gasteiger partial charge on any atom is -0.478 e. The topological polar surface area (TPSA) is 55.1 Å².